The lowest BCUT2D eigenvalue weighted by Gasteiger charge is -2.13. The predicted molar refractivity (Wildman–Crippen MR) is 77.3 cm³/mol. The molecule has 1 saturated heterocycles. The lowest BCUT2D eigenvalue weighted by molar-refractivity contribution is 0.344. The van der Waals surface area contributed by atoms with Crippen molar-refractivity contribution in [1.82, 2.24) is 15.5 Å². The summed E-state index contributed by atoms with van der Waals surface area (Å²) in [5, 5.41) is 7.29. The van der Waals surface area contributed by atoms with E-state index >= 15 is 0 Å². The Bertz CT molecular complexity index is 616. The highest BCUT2D eigenvalue weighted by Gasteiger charge is 2.32. The molecule has 3 rings (SSSR count). The fourth-order valence-electron chi connectivity index (χ4n) is 2.41. The first-order chi connectivity index (χ1) is 9.69. The molecule has 0 aliphatic carbocycles. The first kappa shape index (κ1) is 13.6. The van der Waals surface area contributed by atoms with E-state index in [1.165, 1.54) is 12.1 Å². The van der Waals surface area contributed by atoms with E-state index in [-0.39, 0.29) is 11.7 Å². The molecule has 0 amide bonds. The van der Waals surface area contributed by atoms with E-state index in [1.54, 1.807) is 6.07 Å². The zero-order chi connectivity index (χ0) is 14.1. The van der Waals surface area contributed by atoms with Gasteiger partial charge in [-0.3, -0.25) is 0 Å². The maximum atomic E-state index is 13.4. The topological polar surface area (TPSA) is 51.0 Å². The fraction of sp³-hybridized carbons (Fsp3) is 0.429. The van der Waals surface area contributed by atoms with Gasteiger partial charge in [0, 0.05) is 23.1 Å². The van der Waals surface area contributed by atoms with Gasteiger partial charge in [0.25, 0.3) is 0 Å². The largest absolute Gasteiger partial charge is 0.339 e. The second kappa shape index (κ2) is 5.54. The van der Waals surface area contributed by atoms with Gasteiger partial charge in [0.05, 0.1) is 5.92 Å². The normalized spacial score (nSPS) is 22.4. The smallest absolute Gasteiger partial charge is 0.232 e. The molecule has 1 fully saturated rings. The van der Waals surface area contributed by atoms with Gasteiger partial charge in [-0.25, -0.2) is 4.39 Å². The number of nitrogens with one attached hydrogen (secondary N) is 1. The molecule has 2 heterocycles. The van der Waals surface area contributed by atoms with Crippen molar-refractivity contribution in [2.45, 2.75) is 18.9 Å². The molecular formula is C14H16FN3OS. The summed E-state index contributed by atoms with van der Waals surface area (Å²) in [5.41, 5.74) is 1.62. The van der Waals surface area contributed by atoms with Crippen LogP contribution in [-0.4, -0.2) is 34.7 Å². The molecule has 1 aromatic heterocycles. The van der Waals surface area contributed by atoms with E-state index in [9.17, 15) is 4.39 Å². The number of aryl methyl sites for hydroxylation is 1. The number of aromatic nitrogens is 2. The van der Waals surface area contributed by atoms with Crippen LogP contribution in [0.25, 0.3) is 11.4 Å². The van der Waals surface area contributed by atoms with Crippen molar-refractivity contribution < 1.29 is 8.91 Å². The van der Waals surface area contributed by atoms with E-state index in [0.29, 0.717) is 23.3 Å². The summed E-state index contributed by atoms with van der Waals surface area (Å²) in [6.07, 6.45) is 0. The molecular weight excluding hydrogens is 277 g/mol. The molecule has 0 bridgehead atoms. The quantitative estimate of drug-likeness (QED) is 0.942. The summed E-state index contributed by atoms with van der Waals surface area (Å²) in [4.78, 5) is 4.46. The van der Waals surface area contributed by atoms with Crippen LogP contribution in [0.5, 0.6) is 0 Å². The zero-order valence-electron chi connectivity index (χ0n) is 11.4. The Morgan fingerprint density at radius 2 is 2.25 bits per heavy atom. The number of likely N-dealkylation sites (N-methyl/N-ethyl adjacent to an activating group) is 1. The van der Waals surface area contributed by atoms with Crippen molar-refractivity contribution in [3.05, 3.63) is 35.5 Å². The van der Waals surface area contributed by atoms with Gasteiger partial charge in [0.2, 0.25) is 11.7 Å². The number of hydrogen-bond acceptors (Lipinski definition) is 5. The summed E-state index contributed by atoms with van der Waals surface area (Å²) in [5.74, 6) is 3.03. The molecule has 4 nitrogen and oxygen atoms in total. The van der Waals surface area contributed by atoms with Crippen LogP contribution in [-0.2, 0) is 0 Å². The molecule has 0 saturated carbocycles. The summed E-state index contributed by atoms with van der Waals surface area (Å²) in [7, 11) is 1.94. The highest BCUT2D eigenvalue weighted by Crippen LogP contribution is 2.33. The van der Waals surface area contributed by atoms with E-state index in [2.05, 4.69) is 15.5 Å². The van der Waals surface area contributed by atoms with Crippen molar-refractivity contribution in [3.63, 3.8) is 0 Å². The number of benzene rings is 1. The summed E-state index contributed by atoms with van der Waals surface area (Å²) in [6, 6.07) is 4.96. The van der Waals surface area contributed by atoms with Gasteiger partial charge in [-0.2, -0.15) is 16.7 Å². The van der Waals surface area contributed by atoms with E-state index in [0.717, 1.165) is 17.1 Å². The molecule has 6 heteroatoms. The predicted octanol–water partition coefficient (Wildman–Crippen LogP) is 2.60. The highest BCUT2D eigenvalue weighted by molar-refractivity contribution is 7.99. The Labute approximate surface area is 121 Å². The SMILES string of the molecule is CNC1CSCC1c1nc(-c2cc(F)ccc2C)no1. The zero-order valence-corrected chi connectivity index (χ0v) is 12.2. The number of nitrogens with zero attached hydrogens (tertiary/aromatic N) is 2. The van der Waals surface area contributed by atoms with Gasteiger partial charge in [-0.1, -0.05) is 11.2 Å². The maximum absolute atomic E-state index is 13.4. The average molecular weight is 293 g/mol. The van der Waals surface area contributed by atoms with Crippen LogP contribution in [0, 0.1) is 12.7 Å². The van der Waals surface area contributed by atoms with Gasteiger partial charge in [0.15, 0.2) is 0 Å². The Balaban J connectivity index is 1.92. The van der Waals surface area contributed by atoms with Crippen LogP contribution >= 0.6 is 11.8 Å². The van der Waals surface area contributed by atoms with Crippen LogP contribution in [0.1, 0.15) is 17.4 Å². The molecule has 2 atom stereocenters. The third-order valence-electron chi connectivity index (χ3n) is 3.65. The maximum Gasteiger partial charge on any atom is 0.232 e. The van der Waals surface area contributed by atoms with Crippen molar-refractivity contribution in [1.29, 1.82) is 0 Å². The second-order valence-electron chi connectivity index (χ2n) is 4.95. The molecule has 2 unspecified atom stereocenters. The Morgan fingerprint density at radius 1 is 1.40 bits per heavy atom. The minimum Gasteiger partial charge on any atom is -0.339 e. The Hall–Kier alpha value is -1.40. The Morgan fingerprint density at radius 3 is 3.05 bits per heavy atom. The first-order valence-electron chi connectivity index (χ1n) is 6.54. The van der Waals surface area contributed by atoms with Crippen molar-refractivity contribution in [3.8, 4) is 11.4 Å². The minimum absolute atomic E-state index is 0.222. The molecule has 0 radical (unpaired) electrons. The minimum atomic E-state index is -0.290. The summed E-state index contributed by atoms with van der Waals surface area (Å²) >= 11 is 1.87. The van der Waals surface area contributed by atoms with Crippen LogP contribution < -0.4 is 5.32 Å². The highest BCUT2D eigenvalue weighted by atomic mass is 32.2. The number of hydrogen-bond donors (Lipinski definition) is 1. The molecule has 1 N–H and O–H groups in total. The van der Waals surface area contributed by atoms with E-state index in [1.807, 2.05) is 25.7 Å². The first-order valence-corrected chi connectivity index (χ1v) is 7.69. The van der Waals surface area contributed by atoms with Crippen LogP contribution in [0.3, 0.4) is 0 Å². The summed E-state index contributed by atoms with van der Waals surface area (Å²) < 4.78 is 18.8. The van der Waals surface area contributed by atoms with Gasteiger partial charge >= 0.3 is 0 Å². The van der Waals surface area contributed by atoms with Crippen molar-refractivity contribution in [2.24, 2.45) is 0 Å². The second-order valence-corrected chi connectivity index (χ2v) is 6.03. The molecule has 0 spiro atoms. The fourth-order valence-corrected chi connectivity index (χ4v) is 3.83. The molecule has 1 aliphatic rings. The van der Waals surface area contributed by atoms with Gasteiger partial charge in [-0.15, -0.1) is 0 Å². The van der Waals surface area contributed by atoms with Gasteiger partial charge in [0.1, 0.15) is 5.82 Å². The lowest BCUT2D eigenvalue weighted by atomic mass is 10.0. The third-order valence-corrected chi connectivity index (χ3v) is 4.84. The van der Waals surface area contributed by atoms with E-state index < -0.39 is 0 Å². The monoisotopic (exact) mass is 293 g/mol. The van der Waals surface area contributed by atoms with Crippen molar-refractivity contribution >= 4 is 11.8 Å². The van der Waals surface area contributed by atoms with Crippen molar-refractivity contribution in [2.75, 3.05) is 18.6 Å². The number of thioether (sulfide) groups is 1. The molecule has 20 heavy (non-hydrogen) atoms. The van der Waals surface area contributed by atoms with Gasteiger partial charge in [-0.05, 0) is 31.7 Å². The van der Waals surface area contributed by atoms with Crippen LogP contribution in [0.15, 0.2) is 22.7 Å². The molecule has 2 aromatic rings. The lowest BCUT2D eigenvalue weighted by Crippen LogP contribution is -2.31. The molecule has 106 valence electrons. The van der Waals surface area contributed by atoms with E-state index in [4.69, 9.17) is 4.52 Å². The number of rotatable bonds is 3. The third kappa shape index (κ3) is 2.45. The number of halogens is 1. The van der Waals surface area contributed by atoms with Crippen LogP contribution in [0.2, 0.25) is 0 Å². The standard InChI is InChI=1S/C14H16FN3OS/c1-8-3-4-9(15)5-10(8)13-17-14(19-18-13)11-6-20-7-12(11)16-2/h3-5,11-12,16H,6-7H2,1-2H3. The summed E-state index contributed by atoms with van der Waals surface area (Å²) in [6.45, 7) is 1.91. The molecule has 1 aromatic carbocycles. The average Bonchev–Trinajstić information content (AvgIpc) is 3.08. The van der Waals surface area contributed by atoms with Crippen LogP contribution in [0.4, 0.5) is 4.39 Å². The Kier molecular flexibility index (Phi) is 3.76. The van der Waals surface area contributed by atoms with Gasteiger partial charge < -0.3 is 9.84 Å². The molecule has 1 aliphatic heterocycles.